The zero-order valence-electron chi connectivity index (χ0n) is 11.8. The number of nitro groups is 1. The van der Waals surface area contributed by atoms with Gasteiger partial charge >= 0.3 is 5.69 Å². The Balaban J connectivity index is 1.99. The number of hydrogen-bond acceptors (Lipinski definition) is 8. The Labute approximate surface area is 125 Å². The molecule has 22 heavy (non-hydrogen) atoms. The number of methoxy groups -OCH3 is 1. The molecular formula is C13H15N5O4. The lowest BCUT2D eigenvalue weighted by atomic mass is 10.1. The van der Waals surface area contributed by atoms with Crippen LogP contribution in [0.3, 0.4) is 0 Å². The molecule has 0 aliphatic heterocycles. The predicted octanol–water partition coefficient (Wildman–Crippen LogP) is 1.12. The molecule has 0 aliphatic rings. The van der Waals surface area contributed by atoms with E-state index in [-0.39, 0.29) is 24.0 Å². The van der Waals surface area contributed by atoms with E-state index in [4.69, 9.17) is 10.5 Å². The van der Waals surface area contributed by atoms with Crippen LogP contribution in [-0.2, 0) is 0 Å². The first kappa shape index (κ1) is 15.4. The monoisotopic (exact) mass is 305 g/mol. The quantitative estimate of drug-likeness (QED) is 0.533. The number of rotatable bonds is 6. The van der Waals surface area contributed by atoms with Crippen molar-refractivity contribution in [1.29, 1.82) is 0 Å². The SMILES string of the molecule is COc1ccc(C(O)CNc2ncc([N+](=O)[O-])c(N)n2)cc1. The lowest BCUT2D eigenvalue weighted by Crippen LogP contribution is -2.14. The number of aliphatic hydroxyl groups is 1. The average Bonchev–Trinajstić information content (AvgIpc) is 2.52. The van der Waals surface area contributed by atoms with E-state index in [1.165, 1.54) is 0 Å². The smallest absolute Gasteiger partial charge is 0.329 e. The lowest BCUT2D eigenvalue weighted by Gasteiger charge is -2.12. The maximum atomic E-state index is 10.6. The van der Waals surface area contributed by atoms with E-state index in [9.17, 15) is 15.2 Å². The van der Waals surface area contributed by atoms with E-state index in [2.05, 4.69) is 15.3 Å². The number of hydrogen-bond donors (Lipinski definition) is 3. The van der Waals surface area contributed by atoms with E-state index in [0.717, 1.165) is 6.20 Å². The lowest BCUT2D eigenvalue weighted by molar-refractivity contribution is -0.384. The minimum absolute atomic E-state index is 0.107. The first-order valence-electron chi connectivity index (χ1n) is 6.34. The van der Waals surface area contributed by atoms with Gasteiger partial charge in [0, 0.05) is 6.54 Å². The normalized spacial score (nSPS) is 11.7. The number of benzene rings is 1. The molecule has 0 amide bonds. The van der Waals surface area contributed by atoms with E-state index >= 15 is 0 Å². The molecule has 0 aliphatic carbocycles. The van der Waals surface area contributed by atoms with Crippen molar-refractivity contribution in [2.45, 2.75) is 6.10 Å². The maximum Gasteiger partial charge on any atom is 0.329 e. The molecular weight excluding hydrogens is 290 g/mol. The molecule has 0 bridgehead atoms. The zero-order valence-corrected chi connectivity index (χ0v) is 11.8. The number of aromatic nitrogens is 2. The maximum absolute atomic E-state index is 10.6. The van der Waals surface area contributed by atoms with Gasteiger partial charge in [0.2, 0.25) is 11.8 Å². The molecule has 0 spiro atoms. The third-order valence-corrected chi connectivity index (χ3v) is 2.95. The van der Waals surface area contributed by atoms with Crippen LogP contribution in [0.1, 0.15) is 11.7 Å². The Hall–Kier alpha value is -2.94. The van der Waals surface area contributed by atoms with Gasteiger partial charge in [-0.1, -0.05) is 12.1 Å². The molecule has 2 aromatic rings. The third kappa shape index (κ3) is 3.58. The largest absolute Gasteiger partial charge is 0.497 e. The van der Waals surface area contributed by atoms with Gasteiger partial charge in [-0.05, 0) is 17.7 Å². The van der Waals surface area contributed by atoms with Crippen LogP contribution in [0.2, 0.25) is 0 Å². The summed E-state index contributed by atoms with van der Waals surface area (Å²) in [4.78, 5) is 17.5. The van der Waals surface area contributed by atoms with Gasteiger partial charge in [-0.15, -0.1) is 0 Å². The standard InChI is InChI=1S/C13H15N5O4/c1-22-9-4-2-8(3-5-9)11(19)7-16-13-15-6-10(18(20)21)12(14)17-13/h2-6,11,19H,7H2,1H3,(H3,14,15,16,17). The molecule has 1 heterocycles. The Kier molecular flexibility index (Phi) is 4.69. The van der Waals surface area contributed by atoms with Crippen LogP contribution in [-0.4, -0.2) is 33.7 Å². The Bertz CT molecular complexity index is 662. The summed E-state index contributed by atoms with van der Waals surface area (Å²) < 4.78 is 5.04. The Morgan fingerprint density at radius 2 is 2.14 bits per heavy atom. The molecule has 9 nitrogen and oxygen atoms in total. The number of ether oxygens (including phenoxy) is 1. The van der Waals surface area contributed by atoms with Crippen molar-refractivity contribution in [2.24, 2.45) is 0 Å². The molecule has 1 aromatic carbocycles. The number of nitrogens with zero attached hydrogens (tertiary/aromatic N) is 3. The van der Waals surface area contributed by atoms with E-state index < -0.39 is 11.0 Å². The minimum Gasteiger partial charge on any atom is -0.497 e. The molecule has 0 saturated heterocycles. The molecule has 4 N–H and O–H groups in total. The van der Waals surface area contributed by atoms with Crippen molar-refractivity contribution in [3.05, 3.63) is 46.1 Å². The van der Waals surface area contributed by atoms with Crippen molar-refractivity contribution in [2.75, 3.05) is 24.7 Å². The summed E-state index contributed by atoms with van der Waals surface area (Å²) in [6.45, 7) is 0.129. The third-order valence-electron chi connectivity index (χ3n) is 2.95. The molecule has 2 rings (SSSR count). The number of anilines is 2. The topological polar surface area (TPSA) is 136 Å². The summed E-state index contributed by atoms with van der Waals surface area (Å²) in [6.07, 6.45) is 0.218. The summed E-state index contributed by atoms with van der Waals surface area (Å²) in [6, 6.07) is 6.93. The highest BCUT2D eigenvalue weighted by Crippen LogP contribution is 2.20. The second-order valence-corrected chi connectivity index (χ2v) is 4.39. The molecule has 0 fully saturated rings. The summed E-state index contributed by atoms with van der Waals surface area (Å²) in [5, 5.41) is 23.4. The summed E-state index contributed by atoms with van der Waals surface area (Å²) in [5.41, 5.74) is 5.79. The molecule has 116 valence electrons. The van der Waals surface area contributed by atoms with Crippen LogP contribution >= 0.6 is 0 Å². The molecule has 0 saturated carbocycles. The minimum atomic E-state index is -0.800. The van der Waals surface area contributed by atoms with Gasteiger partial charge in [-0.2, -0.15) is 4.98 Å². The summed E-state index contributed by atoms with van der Waals surface area (Å²) in [5.74, 6) is 0.562. The van der Waals surface area contributed by atoms with Gasteiger partial charge < -0.3 is 20.9 Å². The van der Waals surface area contributed by atoms with Crippen LogP contribution in [0.5, 0.6) is 5.75 Å². The van der Waals surface area contributed by atoms with Crippen molar-refractivity contribution in [3.8, 4) is 5.75 Å². The second-order valence-electron chi connectivity index (χ2n) is 4.39. The predicted molar refractivity (Wildman–Crippen MR) is 79.5 cm³/mol. The van der Waals surface area contributed by atoms with E-state index in [1.54, 1.807) is 31.4 Å². The molecule has 9 heteroatoms. The van der Waals surface area contributed by atoms with Crippen LogP contribution in [0.25, 0.3) is 0 Å². The van der Waals surface area contributed by atoms with Crippen molar-refractivity contribution in [3.63, 3.8) is 0 Å². The average molecular weight is 305 g/mol. The number of aliphatic hydroxyl groups excluding tert-OH is 1. The molecule has 1 atom stereocenters. The highest BCUT2D eigenvalue weighted by Gasteiger charge is 2.15. The van der Waals surface area contributed by atoms with Crippen LogP contribution in [0.15, 0.2) is 30.5 Å². The van der Waals surface area contributed by atoms with Gasteiger partial charge in [0.25, 0.3) is 0 Å². The molecule has 1 aromatic heterocycles. The van der Waals surface area contributed by atoms with Gasteiger partial charge in [0.15, 0.2) is 0 Å². The highest BCUT2D eigenvalue weighted by atomic mass is 16.6. The van der Waals surface area contributed by atoms with E-state index in [0.29, 0.717) is 11.3 Å². The van der Waals surface area contributed by atoms with Gasteiger partial charge in [-0.25, -0.2) is 4.98 Å². The van der Waals surface area contributed by atoms with Crippen molar-refractivity contribution < 1.29 is 14.8 Å². The van der Waals surface area contributed by atoms with Crippen LogP contribution in [0.4, 0.5) is 17.5 Å². The summed E-state index contributed by atoms with van der Waals surface area (Å²) in [7, 11) is 1.56. The highest BCUT2D eigenvalue weighted by molar-refractivity contribution is 5.53. The van der Waals surface area contributed by atoms with Crippen LogP contribution in [0, 0.1) is 10.1 Å². The number of nitrogens with two attached hydrogens (primary N) is 1. The fourth-order valence-corrected chi connectivity index (χ4v) is 1.75. The Morgan fingerprint density at radius 3 is 2.68 bits per heavy atom. The van der Waals surface area contributed by atoms with Crippen molar-refractivity contribution >= 4 is 17.5 Å². The van der Waals surface area contributed by atoms with Gasteiger partial charge in [-0.3, -0.25) is 10.1 Å². The van der Waals surface area contributed by atoms with Crippen LogP contribution < -0.4 is 15.8 Å². The first-order valence-corrected chi connectivity index (χ1v) is 6.34. The van der Waals surface area contributed by atoms with Gasteiger partial charge in [0.1, 0.15) is 11.9 Å². The fraction of sp³-hybridized carbons (Fsp3) is 0.231. The second kappa shape index (κ2) is 6.68. The van der Waals surface area contributed by atoms with Crippen molar-refractivity contribution in [1.82, 2.24) is 9.97 Å². The molecule has 1 unspecified atom stereocenters. The molecule has 0 radical (unpaired) electrons. The first-order chi connectivity index (χ1) is 10.5. The fourth-order valence-electron chi connectivity index (χ4n) is 1.75. The zero-order chi connectivity index (χ0) is 16.1. The number of nitrogen functional groups attached to an aromatic ring is 1. The van der Waals surface area contributed by atoms with Gasteiger partial charge in [0.05, 0.1) is 18.1 Å². The Morgan fingerprint density at radius 1 is 1.45 bits per heavy atom. The van der Waals surface area contributed by atoms with E-state index in [1.807, 2.05) is 0 Å². The number of nitrogens with one attached hydrogen (secondary N) is 1. The summed E-state index contributed by atoms with van der Waals surface area (Å²) >= 11 is 0.